The zero-order valence-corrected chi connectivity index (χ0v) is 14.2. The van der Waals surface area contributed by atoms with Crippen LogP contribution in [0.4, 0.5) is 4.79 Å². The lowest BCUT2D eigenvalue weighted by molar-refractivity contribution is -0.134. The lowest BCUT2D eigenvalue weighted by Gasteiger charge is -2.25. The molecule has 1 N–H and O–H groups in total. The Morgan fingerprint density at radius 2 is 1.59 bits per heavy atom. The van der Waals surface area contributed by atoms with Crippen molar-refractivity contribution in [2.75, 3.05) is 39.8 Å². The Morgan fingerprint density at radius 1 is 0.955 bits per heavy atom. The lowest BCUT2D eigenvalue weighted by atomic mass is 10.3. The fourth-order valence-electron chi connectivity index (χ4n) is 1.78. The first kappa shape index (κ1) is 20.2. The standard InChI is InChI=1S/C15H29N3O4/c1-5-8-16-15(21)22-12-11-18(14(20)7-3)10-9-17(4)13(19)6-2/h5-12H2,1-4H3,(H,16,21). The van der Waals surface area contributed by atoms with Crippen LogP contribution in [-0.4, -0.2) is 67.5 Å². The van der Waals surface area contributed by atoms with Crippen LogP contribution in [0.25, 0.3) is 0 Å². The number of ether oxygens (including phenoxy) is 1. The van der Waals surface area contributed by atoms with Gasteiger partial charge >= 0.3 is 6.09 Å². The van der Waals surface area contributed by atoms with E-state index in [4.69, 9.17) is 4.74 Å². The molecular formula is C15H29N3O4. The molecule has 0 rings (SSSR count). The summed E-state index contributed by atoms with van der Waals surface area (Å²) in [5, 5.41) is 2.60. The summed E-state index contributed by atoms with van der Waals surface area (Å²) in [5.74, 6) is 0.0222. The number of hydrogen-bond donors (Lipinski definition) is 1. The molecule has 0 radical (unpaired) electrons. The first-order valence-electron chi connectivity index (χ1n) is 7.88. The van der Waals surface area contributed by atoms with Crippen LogP contribution >= 0.6 is 0 Å². The van der Waals surface area contributed by atoms with Crippen LogP contribution in [0.3, 0.4) is 0 Å². The third kappa shape index (κ3) is 8.49. The summed E-state index contributed by atoms with van der Waals surface area (Å²) in [7, 11) is 1.72. The van der Waals surface area contributed by atoms with Crippen molar-refractivity contribution in [3.63, 3.8) is 0 Å². The highest BCUT2D eigenvalue weighted by molar-refractivity contribution is 5.77. The number of carbonyl (C=O) groups is 3. The predicted octanol–water partition coefficient (Wildman–Crippen LogP) is 1.23. The minimum Gasteiger partial charge on any atom is -0.448 e. The van der Waals surface area contributed by atoms with Gasteiger partial charge in [0.05, 0.1) is 6.54 Å². The SMILES string of the molecule is CCCNC(=O)OCCN(CCN(C)C(=O)CC)C(=O)CC. The van der Waals surface area contributed by atoms with Gasteiger partial charge in [-0.15, -0.1) is 0 Å². The molecule has 0 atom stereocenters. The maximum Gasteiger partial charge on any atom is 0.407 e. The molecule has 0 spiro atoms. The first-order valence-corrected chi connectivity index (χ1v) is 7.88. The minimum atomic E-state index is -0.468. The summed E-state index contributed by atoms with van der Waals surface area (Å²) in [4.78, 5) is 37.9. The fourth-order valence-corrected chi connectivity index (χ4v) is 1.78. The summed E-state index contributed by atoms with van der Waals surface area (Å²) in [6, 6.07) is 0. The van der Waals surface area contributed by atoms with Crippen LogP contribution in [0.2, 0.25) is 0 Å². The maximum atomic E-state index is 11.9. The average molecular weight is 315 g/mol. The smallest absolute Gasteiger partial charge is 0.407 e. The Hall–Kier alpha value is -1.79. The Morgan fingerprint density at radius 3 is 2.14 bits per heavy atom. The number of nitrogens with zero attached hydrogens (tertiary/aromatic N) is 2. The van der Waals surface area contributed by atoms with Gasteiger partial charge in [0.1, 0.15) is 6.61 Å². The van der Waals surface area contributed by atoms with Crippen LogP contribution in [-0.2, 0) is 14.3 Å². The molecular weight excluding hydrogens is 286 g/mol. The lowest BCUT2D eigenvalue weighted by Crippen LogP contribution is -2.41. The van der Waals surface area contributed by atoms with E-state index in [9.17, 15) is 14.4 Å². The second-order valence-electron chi connectivity index (χ2n) is 4.97. The van der Waals surface area contributed by atoms with E-state index in [1.54, 1.807) is 30.7 Å². The van der Waals surface area contributed by atoms with Crippen molar-refractivity contribution in [1.29, 1.82) is 0 Å². The highest BCUT2D eigenvalue weighted by atomic mass is 16.5. The minimum absolute atomic E-state index is 0.0186. The second-order valence-corrected chi connectivity index (χ2v) is 4.97. The molecule has 0 unspecified atom stereocenters. The average Bonchev–Trinajstić information content (AvgIpc) is 2.53. The van der Waals surface area contributed by atoms with Gasteiger partial charge in [0.2, 0.25) is 11.8 Å². The molecule has 0 bridgehead atoms. The van der Waals surface area contributed by atoms with E-state index in [-0.39, 0.29) is 18.4 Å². The van der Waals surface area contributed by atoms with Gasteiger partial charge in [-0.25, -0.2) is 4.79 Å². The molecule has 22 heavy (non-hydrogen) atoms. The van der Waals surface area contributed by atoms with E-state index in [0.29, 0.717) is 39.0 Å². The molecule has 7 nitrogen and oxygen atoms in total. The van der Waals surface area contributed by atoms with Gasteiger partial charge in [-0.05, 0) is 6.42 Å². The van der Waals surface area contributed by atoms with Crippen molar-refractivity contribution >= 4 is 17.9 Å². The van der Waals surface area contributed by atoms with E-state index in [1.807, 2.05) is 6.92 Å². The zero-order chi connectivity index (χ0) is 17.0. The molecule has 0 aromatic carbocycles. The normalized spacial score (nSPS) is 10.0. The molecule has 0 aliphatic carbocycles. The molecule has 0 saturated heterocycles. The largest absolute Gasteiger partial charge is 0.448 e. The number of alkyl carbamates (subject to hydrolysis) is 1. The number of nitrogens with one attached hydrogen (secondary N) is 1. The summed E-state index contributed by atoms with van der Waals surface area (Å²) in [6.07, 6.45) is 1.20. The van der Waals surface area contributed by atoms with Crippen molar-refractivity contribution in [1.82, 2.24) is 15.1 Å². The molecule has 3 amide bonds. The van der Waals surface area contributed by atoms with Crippen molar-refractivity contribution < 1.29 is 19.1 Å². The van der Waals surface area contributed by atoms with Crippen LogP contribution in [0, 0.1) is 0 Å². The van der Waals surface area contributed by atoms with E-state index in [1.165, 1.54) is 0 Å². The van der Waals surface area contributed by atoms with Gasteiger partial charge in [0.25, 0.3) is 0 Å². The fraction of sp³-hybridized carbons (Fsp3) is 0.800. The number of carbonyl (C=O) groups excluding carboxylic acids is 3. The number of rotatable bonds is 10. The summed E-state index contributed by atoms with van der Waals surface area (Å²) in [5.41, 5.74) is 0. The van der Waals surface area contributed by atoms with Crippen LogP contribution in [0.15, 0.2) is 0 Å². The third-order valence-corrected chi connectivity index (χ3v) is 3.20. The maximum absolute atomic E-state index is 11.9. The number of likely N-dealkylation sites (N-methyl/N-ethyl adjacent to an activating group) is 1. The highest BCUT2D eigenvalue weighted by Gasteiger charge is 2.14. The van der Waals surface area contributed by atoms with E-state index < -0.39 is 6.09 Å². The molecule has 0 aliphatic rings. The van der Waals surface area contributed by atoms with Gasteiger partial charge < -0.3 is 19.9 Å². The molecule has 0 aliphatic heterocycles. The Balaban J connectivity index is 4.21. The molecule has 0 fully saturated rings. The van der Waals surface area contributed by atoms with Crippen molar-refractivity contribution in [2.24, 2.45) is 0 Å². The van der Waals surface area contributed by atoms with Crippen LogP contribution < -0.4 is 5.32 Å². The Kier molecular flexibility index (Phi) is 10.9. The molecule has 0 saturated carbocycles. The van der Waals surface area contributed by atoms with Crippen LogP contribution in [0.1, 0.15) is 40.0 Å². The molecule has 0 aromatic rings. The van der Waals surface area contributed by atoms with Crippen molar-refractivity contribution in [2.45, 2.75) is 40.0 Å². The van der Waals surface area contributed by atoms with E-state index >= 15 is 0 Å². The van der Waals surface area contributed by atoms with Gasteiger partial charge in [0, 0.05) is 39.5 Å². The summed E-state index contributed by atoms with van der Waals surface area (Å²) < 4.78 is 5.02. The summed E-state index contributed by atoms with van der Waals surface area (Å²) in [6.45, 7) is 7.50. The van der Waals surface area contributed by atoms with Gasteiger partial charge in [-0.1, -0.05) is 20.8 Å². The first-order chi connectivity index (χ1) is 10.5. The Bertz CT molecular complexity index is 361. The van der Waals surface area contributed by atoms with Crippen molar-refractivity contribution in [3.05, 3.63) is 0 Å². The van der Waals surface area contributed by atoms with E-state index in [0.717, 1.165) is 6.42 Å². The number of amides is 3. The predicted molar refractivity (Wildman–Crippen MR) is 84.4 cm³/mol. The van der Waals surface area contributed by atoms with Gasteiger partial charge in [0.15, 0.2) is 0 Å². The highest BCUT2D eigenvalue weighted by Crippen LogP contribution is 1.97. The molecule has 0 aromatic heterocycles. The topological polar surface area (TPSA) is 79.0 Å². The van der Waals surface area contributed by atoms with Gasteiger partial charge in [-0.3, -0.25) is 9.59 Å². The summed E-state index contributed by atoms with van der Waals surface area (Å²) >= 11 is 0. The van der Waals surface area contributed by atoms with E-state index in [2.05, 4.69) is 5.32 Å². The molecule has 128 valence electrons. The van der Waals surface area contributed by atoms with Crippen LogP contribution in [0.5, 0.6) is 0 Å². The Labute approximate surface area is 133 Å². The monoisotopic (exact) mass is 315 g/mol. The second kappa shape index (κ2) is 11.8. The third-order valence-electron chi connectivity index (χ3n) is 3.20. The van der Waals surface area contributed by atoms with Crippen molar-refractivity contribution in [3.8, 4) is 0 Å². The van der Waals surface area contributed by atoms with Gasteiger partial charge in [-0.2, -0.15) is 0 Å². The number of hydrogen-bond acceptors (Lipinski definition) is 4. The molecule has 7 heteroatoms. The zero-order valence-electron chi connectivity index (χ0n) is 14.2. The quantitative estimate of drug-likeness (QED) is 0.657. The molecule has 0 heterocycles.